The SMILES string of the molecule is Cc1ccccc1SCC(=O)NNC(=S)Nc1ccc(F)cc1. The molecule has 3 N–H and O–H groups in total. The number of halogens is 1. The lowest BCUT2D eigenvalue weighted by atomic mass is 10.2. The average molecular weight is 349 g/mol. The van der Waals surface area contributed by atoms with Crippen molar-refractivity contribution in [2.24, 2.45) is 0 Å². The van der Waals surface area contributed by atoms with Gasteiger partial charge in [-0.2, -0.15) is 0 Å². The second-order valence-electron chi connectivity index (χ2n) is 4.69. The maximum Gasteiger partial charge on any atom is 0.248 e. The normalized spacial score (nSPS) is 10.0. The van der Waals surface area contributed by atoms with Crippen molar-refractivity contribution in [2.45, 2.75) is 11.8 Å². The largest absolute Gasteiger partial charge is 0.331 e. The highest BCUT2D eigenvalue weighted by Gasteiger charge is 2.05. The van der Waals surface area contributed by atoms with Gasteiger partial charge in [0.1, 0.15) is 5.82 Å². The fourth-order valence-corrected chi connectivity index (χ4v) is 2.72. The van der Waals surface area contributed by atoms with Crippen LogP contribution in [0.3, 0.4) is 0 Å². The third-order valence-corrected chi connectivity index (χ3v) is 4.25. The Balaban J connectivity index is 1.72. The monoisotopic (exact) mass is 349 g/mol. The molecular weight excluding hydrogens is 333 g/mol. The zero-order chi connectivity index (χ0) is 16.7. The standard InChI is InChI=1S/C16H16FN3OS2/c1-11-4-2-3-5-14(11)23-10-15(21)19-20-16(22)18-13-8-6-12(17)7-9-13/h2-9H,10H2,1H3,(H,19,21)(H2,18,20,22). The molecule has 23 heavy (non-hydrogen) atoms. The van der Waals surface area contributed by atoms with Crippen LogP contribution >= 0.6 is 24.0 Å². The molecule has 0 saturated heterocycles. The predicted octanol–water partition coefficient (Wildman–Crippen LogP) is 3.24. The lowest BCUT2D eigenvalue weighted by molar-refractivity contribution is -0.119. The number of thiocarbonyl (C=S) groups is 1. The zero-order valence-electron chi connectivity index (χ0n) is 12.4. The molecule has 0 fully saturated rings. The van der Waals surface area contributed by atoms with Gasteiger partial charge in [-0.3, -0.25) is 15.6 Å². The van der Waals surface area contributed by atoms with Gasteiger partial charge in [-0.1, -0.05) is 18.2 Å². The molecule has 0 bridgehead atoms. The number of hydrogen-bond acceptors (Lipinski definition) is 3. The minimum atomic E-state index is -0.323. The quantitative estimate of drug-likeness (QED) is 0.449. The van der Waals surface area contributed by atoms with Crippen LogP contribution in [0.25, 0.3) is 0 Å². The van der Waals surface area contributed by atoms with Gasteiger partial charge in [0.25, 0.3) is 0 Å². The highest BCUT2D eigenvalue weighted by Crippen LogP contribution is 2.21. The van der Waals surface area contributed by atoms with Crippen LogP contribution in [0.2, 0.25) is 0 Å². The van der Waals surface area contributed by atoms with Crippen LogP contribution in [0.5, 0.6) is 0 Å². The summed E-state index contributed by atoms with van der Waals surface area (Å²) < 4.78 is 12.8. The fourth-order valence-electron chi connectivity index (χ4n) is 1.72. The van der Waals surface area contributed by atoms with Crippen LogP contribution in [-0.2, 0) is 4.79 Å². The summed E-state index contributed by atoms with van der Waals surface area (Å²) in [5, 5.41) is 3.07. The van der Waals surface area contributed by atoms with Gasteiger partial charge in [-0.15, -0.1) is 11.8 Å². The number of amides is 1. The lowest BCUT2D eigenvalue weighted by Crippen LogP contribution is -2.44. The predicted molar refractivity (Wildman–Crippen MR) is 95.8 cm³/mol. The van der Waals surface area contributed by atoms with E-state index in [1.54, 1.807) is 12.1 Å². The number of hydrazine groups is 1. The van der Waals surface area contributed by atoms with Crippen LogP contribution in [-0.4, -0.2) is 16.8 Å². The van der Waals surface area contributed by atoms with E-state index in [0.717, 1.165) is 10.5 Å². The van der Waals surface area contributed by atoms with Gasteiger partial charge in [-0.25, -0.2) is 4.39 Å². The third-order valence-electron chi connectivity index (χ3n) is 2.87. The summed E-state index contributed by atoms with van der Waals surface area (Å²) in [6, 6.07) is 13.6. The second-order valence-corrected chi connectivity index (χ2v) is 6.11. The molecule has 0 radical (unpaired) electrons. The summed E-state index contributed by atoms with van der Waals surface area (Å²) in [5.41, 5.74) is 6.89. The summed E-state index contributed by atoms with van der Waals surface area (Å²) in [7, 11) is 0. The van der Waals surface area contributed by atoms with Crippen molar-refractivity contribution < 1.29 is 9.18 Å². The van der Waals surface area contributed by atoms with Gasteiger partial charge in [0.2, 0.25) is 5.91 Å². The molecule has 4 nitrogen and oxygen atoms in total. The van der Waals surface area contributed by atoms with Crippen molar-refractivity contribution in [3.63, 3.8) is 0 Å². The highest BCUT2D eigenvalue weighted by atomic mass is 32.2. The molecule has 120 valence electrons. The van der Waals surface area contributed by atoms with Gasteiger partial charge < -0.3 is 5.32 Å². The van der Waals surface area contributed by atoms with E-state index in [1.165, 1.54) is 23.9 Å². The number of aryl methyl sites for hydroxylation is 1. The molecule has 0 atom stereocenters. The molecule has 0 aliphatic rings. The number of rotatable bonds is 4. The summed E-state index contributed by atoms with van der Waals surface area (Å²) in [6.45, 7) is 2.00. The molecule has 2 aromatic carbocycles. The Kier molecular flexibility index (Phi) is 6.37. The van der Waals surface area contributed by atoms with E-state index in [-0.39, 0.29) is 22.6 Å². The summed E-state index contributed by atoms with van der Waals surface area (Å²) in [4.78, 5) is 12.9. The number of hydrogen-bond donors (Lipinski definition) is 3. The number of carbonyl (C=O) groups excluding carboxylic acids is 1. The lowest BCUT2D eigenvalue weighted by Gasteiger charge is -2.11. The first-order chi connectivity index (χ1) is 11.0. The molecule has 0 heterocycles. The second kappa shape index (κ2) is 8.50. The Hall–Kier alpha value is -2.12. The van der Waals surface area contributed by atoms with Crippen molar-refractivity contribution in [1.82, 2.24) is 10.9 Å². The maximum absolute atomic E-state index is 12.8. The van der Waals surface area contributed by atoms with Gasteiger partial charge in [0, 0.05) is 10.6 Å². The number of nitrogens with one attached hydrogen (secondary N) is 3. The van der Waals surface area contributed by atoms with Crippen LogP contribution in [0, 0.1) is 12.7 Å². The molecule has 0 unspecified atom stereocenters. The van der Waals surface area contributed by atoms with E-state index in [2.05, 4.69) is 16.2 Å². The van der Waals surface area contributed by atoms with Crippen molar-refractivity contribution in [3.05, 3.63) is 59.9 Å². The number of carbonyl (C=O) groups is 1. The van der Waals surface area contributed by atoms with Crippen molar-refractivity contribution in [3.8, 4) is 0 Å². The molecule has 1 amide bonds. The Morgan fingerprint density at radius 2 is 1.83 bits per heavy atom. The van der Waals surface area contributed by atoms with Gasteiger partial charge in [-0.05, 0) is 55.0 Å². The molecular formula is C16H16FN3OS2. The molecule has 0 aromatic heterocycles. The Morgan fingerprint density at radius 3 is 2.52 bits per heavy atom. The number of thioether (sulfide) groups is 1. The summed E-state index contributed by atoms with van der Waals surface area (Å²) in [5.74, 6) is -0.241. The highest BCUT2D eigenvalue weighted by molar-refractivity contribution is 8.00. The smallest absolute Gasteiger partial charge is 0.248 e. The molecule has 0 aliphatic heterocycles. The maximum atomic E-state index is 12.8. The van der Waals surface area contributed by atoms with Gasteiger partial charge in [0.15, 0.2) is 5.11 Å². The first kappa shape index (κ1) is 17.2. The van der Waals surface area contributed by atoms with E-state index >= 15 is 0 Å². The summed E-state index contributed by atoms with van der Waals surface area (Å²) in [6.07, 6.45) is 0. The topological polar surface area (TPSA) is 53.2 Å². The van der Waals surface area contributed by atoms with E-state index in [0.29, 0.717) is 5.69 Å². The van der Waals surface area contributed by atoms with Crippen molar-refractivity contribution in [2.75, 3.05) is 11.1 Å². The zero-order valence-corrected chi connectivity index (χ0v) is 14.1. The fraction of sp³-hybridized carbons (Fsp3) is 0.125. The first-order valence-corrected chi connectivity index (χ1v) is 8.24. The molecule has 7 heteroatoms. The molecule has 0 spiro atoms. The summed E-state index contributed by atoms with van der Waals surface area (Å²) >= 11 is 6.50. The van der Waals surface area contributed by atoms with Crippen LogP contribution < -0.4 is 16.2 Å². The van der Waals surface area contributed by atoms with E-state index in [1.807, 2.05) is 31.2 Å². The minimum absolute atomic E-state index is 0.193. The van der Waals surface area contributed by atoms with Crippen LogP contribution in [0.4, 0.5) is 10.1 Å². The van der Waals surface area contributed by atoms with Crippen molar-refractivity contribution >= 4 is 40.7 Å². The third kappa shape index (κ3) is 5.88. The number of anilines is 1. The molecule has 0 saturated carbocycles. The van der Waals surface area contributed by atoms with E-state index in [9.17, 15) is 9.18 Å². The van der Waals surface area contributed by atoms with E-state index < -0.39 is 0 Å². The average Bonchev–Trinajstić information content (AvgIpc) is 2.54. The Morgan fingerprint density at radius 1 is 1.13 bits per heavy atom. The van der Waals surface area contributed by atoms with Crippen molar-refractivity contribution in [1.29, 1.82) is 0 Å². The van der Waals surface area contributed by atoms with Gasteiger partial charge in [0.05, 0.1) is 5.75 Å². The van der Waals surface area contributed by atoms with Crippen LogP contribution in [0.15, 0.2) is 53.4 Å². The Labute approximate surface area is 143 Å². The van der Waals surface area contributed by atoms with Crippen LogP contribution in [0.1, 0.15) is 5.56 Å². The minimum Gasteiger partial charge on any atom is -0.331 e. The van der Waals surface area contributed by atoms with Gasteiger partial charge >= 0.3 is 0 Å². The van der Waals surface area contributed by atoms with E-state index in [4.69, 9.17) is 12.2 Å². The molecule has 2 aromatic rings. The first-order valence-electron chi connectivity index (χ1n) is 6.84. The Bertz CT molecular complexity index is 692. The number of benzene rings is 2. The molecule has 0 aliphatic carbocycles. The molecule has 2 rings (SSSR count).